The van der Waals surface area contributed by atoms with Gasteiger partial charge >= 0.3 is 0 Å². The lowest BCUT2D eigenvalue weighted by atomic mass is 10.2. The number of nitro benzene ring substituents is 1. The summed E-state index contributed by atoms with van der Waals surface area (Å²) in [6, 6.07) is 12.4. The number of anilines is 1. The number of thioether (sulfide) groups is 1. The molecule has 7 nitrogen and oxygen atoms in total. The van der Waals surface area contributed by atoms with E-state index in [1.165, 1.54) is 35.2 Å². The maximum Gasteiger partial charge on any atom is 0.270 e. The second-order valence-corrected chi connectivity index (χ2v) is 9.21. The fraction of sp³-hybridized carbons (Fsp3) is 0.263. The Morgan fingerprint density at radius 1 is 1.21 bits per heavy atom. The summed E-state index contributed by atoms with van der Waals surface area (Å²) in [6.45, 7) is 2.86. The van der Waals surface area contributed by atoms with Crippen molar-refractivity contribution in [3.05, 3.63) is 57.6 Å². The normalized spacial score (nSPS) is 14.4. The van der Waals surface area contributed by atoms with Crippen molar-refractivity contribution in [3.8, 4) is 0 Å². The molecule has 0 unspecified atom stereocenters. The number of amides is 1. The molecular formula is C19H17ClN4O3S2. The summed E-state index contributed by atoms with van der Waals surface area (Å²) in [5.41, 5.74) is 1.83. The number of non-ortho nitro benzene ring substituents is 1. The van der Waals surface area contributed by atoms with E-state index in [4.69, 9.17) is 11.6 Å². The minimum Gasteiger partial charge on any atom is -0.368 e. The monoisotopic (exact) mass is 448 g/mol. The highest BCUT2D eigenvalue weighted by Crippen LogP contribution is 2.32. The number of piperazine rings is 1. The summed E-state index contributed by atoms with van der Waals surface area (Å²) in [6.07, 6.45) is 0. The van der Waals surface area contributed by atoms with E-state index >= 15 is 0 Å². The highest BCUT2D eigenvalue weighted by atomic mass is 35.5. The molecule has 0 bridgehead atoms. The molecule has 2 heterocycles. The Hall–Kier alpha value is -2.36. The first-order chi connectivity index (χ1) is 14.0. The van der Waals surface area contributed by atoms with Gasteiger partial charge in [0, 0.05) is 49.0 Å². The number of nitro groups is 1. The third-order valence-electron chi connectivity index (χ3n) is 4.69. The van der Waals surface area contributed by atoms with Gasteiger partial charge in [-0.05, 0) is 24.3 Å². The van der Waals surface area contributed by atoms with Crippen LogP contribution in [0.4, 0.5) is 11.4 Å². The van der Waals surface area contributed by atoms with Crippen molar-refractivity contribution in [3.63, 3.8) is 0 Å². The number of hydrogen-bond donors (Lipinski definition) is 0. The van der Waals surface area contributed by atoms with Crippen LogP contribution in [-0.4, -0.2) is 52.6 Å². The lowest BCUT2D eigenvalue weighted by Crippen LogP contribution is -2.49. The number of thiazole rings is 1. The van der Waals surface area contributed by atoms with Crippen LogP contribution in [-0.2, 0) is 4.79 Å². The minimum absolute atomic E-state index is 0.0475. The molecule has 1 aliphatic heterocycles. The fourth-order valence-electron chi connectivity index (χ4n) is 3.17. The first-order valence-corrected chi connectivity index (χ1v) is 11.1. The van der Waals surface area contributed by atoms with Gasteiger partial charge in [-0.2, -0.15) is 0 Å². The third kappa shape index (κ3) is 4.63. The number of rotatable bonds is 5. The number of benzene rings is 2. The first-order valence-electron chi connectivity index (χ1n) is 8.96. The predicted octanol–water partition coefficient (Wildman–Crippen LogP) is 4.30. The Bertz CT molecular complexity index is 1070. The molecule has 0 atom stereocenters. The zero-order valence-corrected chi connectivity index (χ0v) is 17.7. The van der Waals surface area contributed by atoms with Crippen LogP contribution in [0.5, 0.6) is 0 Å². The molecule has 1 amide bonds. The Labute approximate surface area is 180 Å². The Kier molecular flexibility index (Phi) is 5.89. The molecule has 0 N–H and O–H groups in total. The van der Waals surface area contributed by atoms with E-state index in [0.717, 1.165) is 27.8 Å². The number of hydrogen-bond acceptors (Lipinski definition) is 7. The number of carbonyl (C=O) groups excluding carboxylic acids is 1. The second-order valence-electron chi connectivity index (χ2n) is 6.53. The van der Waals surface area contributed by atoms with E-state index in [9.17, 15) is 14.9 Å². The van der Waals surface area contributed by atoms with Crippen LogP contribution in [0.1, 0.15) is 0 Å². The van der Waals surface area contributed by atoms with E-state index in [-0.39, 0.29) is 11.6 Å². The number of fused-ring (bicyclic) bond motifs is 1. The van der Waals surface area contributed by atoms with E-state index in [1.54, 1.807) is 6.07 Å². The quantitative estimate of drug-likeness (QED) is 0.329. The van der Waals surface area contributed by atoms with Crippen LogP contribution >= 0.6 is 34.7 Å². The highest BCUT2D eigenvalue weighted by Gasteiger charge is 2.22. The van der Waals surface area contributed by atoms with Crippen molar-refractivity contribution in [1.29, 1.82) is 0 Å². The first kappa shape index (κ1) is 19.9. The van der Waals surface area contributed by atoms with Crippen LogP contribution in [0.15, 0.2) is 46.8 Å². The van der Waals surface area contributed by atoms with Gasteiger partial charge in [-0.1, -0.05) is 29.4 Å². The van der Waals surface area contributed by atoms with Gasteiger partial charge < -0.3 is 9.80 Å². The van der Waals surface area contributed by atoms with Gasteiger partial charge in [-0.25, -0.2) is 4.98 Å². The van der Waals surface area contributed by atoms with Crippen molar-refractivity contribution in [2.45, 2.75) is 4.34 Å². The van der Waals surface area contributed by atoms with Crippen LogP contribution in [0.2, 0.25) is 5.02 Å². The summed E-state index contributed by atoms with van der Waals surface area (Å²) >= 11 is 8.81. The minimum atomic E-state index is -0.418. The van der Waals surface area contributed by atoms with E-state index in [1.807, 2.05) is 29.2 Å². The highest BCUT2D eigenvalue weighted by molar-refractivity contribution is 8.01. The molecule has 150 valence electrons. The van der Waals surface area contributed by atoms with Crippen LogP contribution in [0, 0.1) is 10.1 Å². The lowest BCUT2D eigenvalue weighted by molar-refractivity contribution is -0.384. The van der Waals surface area contributed by atoms with E-state index < -0.39 is 4.92 Å². The zero-order chi connectivity index (χ0) is 20.4. The Morgan fingerprint density at radius 3 is 2.72 bits per heavy atom. The van der Waals surface area contributed by atoms with Crippen molar-refractivity contribution in [1.82, 2.24) is 9.88 Å². The van der Waals surface area contributed by atoms with Crippen LogP contribution in [0.3, 0.4) is 0 Å². The number of aromatic nitrogens is 1. The smallest absolute Gasteiger partial charge is 0.270 e. The predicted molar refractivity (Wildman–Crippen MR) is 117 cm³/mol. The van der Waals surface area contributed by atoms with Crippen molar-refractivity contribution in [2.24, 2.45) is 0 Å². The molecule has 3 aromatic rings. The average Bonchev–Trinajstić information content (AvgIpc) is 3.14. The molecule has 0 aliphatic carbocycles. The molecule has 1 saturated heterocycles. The van der Waals surface area contributed by atoms with E-state index in [0.29, 0.717) is 29.4 Å². The molecule has 2 aromatic carbocycles. The van der Waals surface area contributed by atoms with Crippen molar-refractivity contribution in [2.75, 3.05) is 36.8 Å². The van der Waals surface area contributed by atoms with Crippen molar-refractivity contribution < 1.29 is 9.72 Å². The standard InChI is InChI=1S/C19H17ClN4O3S2/c20-13-2-1-3-14(10-13)22-6-8-23(9-7-22)18(25)12-28-19-21-16-5-4-15(24(26)27)11-17(16)29-19/h1-5,10-11H,6-9,12H2. The van der Waals surface area contributed by atoms with Crippen LogP contribution < -0.4 is 4.90 Å². The van der Waals surface area contributed by atoms with Gasteiger partial charge in [0.2, 0.25) is 5.91 Å². The summed E-state index contributed by atoms with van der Waals surface area (Å²) in [4.78, 5) is 31.6. The zero-order valence-electron chi connectivity index (χ0n) is 15.3. The molecule has 1 aromatic heterocycles. The van der Waals surface area contributed by atoms with Gasteiger partial charge in [-0.3, -0.25) is 14.9 Å². The SMILES string of the molecule is O=C(CSc1nc2ccc([N+](=O)[O-])cc2s1)N1CCN(c2cccc(Cl)c2)CC1. The molecule has 0 spiro atoms. The molecule has 10 heteroatoms. The second kappa shape index (κ2) is 8.56. The maximum absolute atomic E-state index is 12.6. The van der Waals surface area contributed by atoms with Gasteiger partial charge in [0.1, 0.15) is 0 Å². The Balaban J connectivity index is 1.32. The topological polar surface area (TPSA) is 79.6 Å². The number of halogens is 1. The molecule has 1 aliphatic rings. The van der Waals surface area contributed by atoms with Gasteiger partial charge in [0.25, 0.3) is 5.69 Å². The fourth-order valence-corrected chi connectivity index (χ4v) is 5.36. The van der Waals surface area contributed by atoms with E-state index in [2.05, 4.69) is 9.88 Å². The van der Waals surface area contributed by atoms with Gasteiger partial charge in [-0.15, -0.1) is 11.3 Å². The maximum atomic E-state index is 12.6. The molecule has 29 heavy (non-hydrogen) atoms. The molecule has 1 fully saturated rings. The summed E-state index contributed by atoms with van der Waals surface area (Å²) < 4.78 is 1.50. The van der Waals surface area contributed by atoms with Gasteiger partial charge in [0.15, 0.2) is 4.34 Å². The summed E-state index contributed by atoms with van der Waals surface area (Å²) in [7, 11) is 0. The third-order valence-corrected chi connectivity index (χ3v) is 7.07. The molecule has 0 radical (unpaired) electrons. The Morgan fingerprint density at radius 2 is 2.00 bits per heavy atom. The lowest BCUT2D eigenvalue weighted by Gasteiger charge is -2.36. The van der Waals surface area contributed by atoms with Crippen molar-refractivity contribution >= 4 is 62.2 Å². The molecule has 4 rings (SSSR count). The van der Waals surface area contributed by atoms with Crippen LogP contribution in [0.25, 0.3) is 10.2 Å². The number of nitrogens with zero attached hydrogens (tertiary/aromatic N) is 4. The molecular weight excluding hydrogens is 432 g/mol. The molecule has 0 saturated carbocycles. The largest absolute Gasteiger partial charge is 0.368 e. The summed E-state index contributed by atoms with van der Waals surface area (Å²) in [5.74, 6) is 0.380. The van der Waals surface area contributed by atoms with Gasteiger partial charge in [0.05, 0.1) is 20.9 Å². The average molecular weight is 449 g/mol. The summed E-state index contributed by atoms with van der Waals surface area (Å²) in [5, 5.41) is 11.6. The number of carbonyl (C=O) groups is 1.